The first-order valence-electron chi connectivity index (χ1n) is 9.41. The molecule has 0 bridgehead atoms. The number of methoxy groups -OCH3 is 2. The Hall–Kier alpha value is -2.20. The van der Waals surface area contributed by atoms with Crippen molar-refractivity contribution < 1.29 is 14.2 Å². The van der Waals surface area contributed by atoms with Crippen LogP contribution in [0.15, 0.2) is 42.5 Å². The van der Waals surface area contributed by atoms with Gasteiger partial charge in [0.1, 0.15) is 12.4 Å². The third-order valence-electron chi connectivity index (χ3n) is 5.27. The molecule has 4 heteroatoms. The molecule has 1 atom stereocenters. The van der Waals surface area contributed by atoms with Crippen LogP contribution in [0, 0.1) is 5.92 Å². The summed E-state index contributed by atoms with van der Waals surface area (Å²) in [5, 5.41) is 0. The zero-order chi connectivity index (χ0) is 18.4. The summed E-state index contributed by atoms with van der Waals surface area (Å²) in [5.74, 6) is 2.63. The van der Waals surface area contributed by atoms with Gasteiger partial charge >= 0.3 is 0 Å². The van der Waals surface area contributed by atoms with Gasteiger partial charge in [-0.15, -0.1) is 0 Å². The van der Waals surface area contributed by atoms with Crippen LogP contribution in [0.25, 0.3) is 0 Å². The summed E-state index contributed by atoms with van der Waals surface area (Å²) in [4.78, 5) is 0. The number of rotatable bonds is 7. The second-order valence-electron chi connectivity index (χ2n) is 6.94. The summed E-state index contributed by atoms with van der Waals surface area (Å²) in [7, 11) is 3.29. The lowest BCUT2D eigenvalue weighted by atomic mass is 9.81. The fourth-order valence-electron chi connectivity index (χ4n) is 3.74. The number of hydrogen-bond acceptors (Lipinski definition) is 4. The Balaban J connectivity index is 1.88. The molecule has 1 fully saturated rings. The first-order valence-corrected chi connectivity index (χ1v) is 9.41. The second-order valence-corrected chi connectivity index (χ2v) is 6.94. The van der Waals surface area contributed by atoms with Crippen molar-refractivity contribution in [3.63, 3.8) is 0 Å². The van der Waals surface area contributed by atoms with E-state index in [1.165, 1.54) is 32.1 Å². The quantitative estimate of drug-likeness (QED) is 0.770. The van der Waals surface area contributed by atoms with Gasteiger partial charge in [0, 0.05) is 17.7 Å². The molecule has 2 aromatic rings. The fourth-order valence-corrected chi connectivity index (χ4v) is 3.74. The van der Waals surface area contributed by atoms with Crippen LogP contribution in [0.5, 0.6) is 17.2 Å². The molecule has 0 saturated heterocycles. The molecule has 1 aliphatic rings. The molecule has 0 aromatic heterocycles. The SMILES string of the molecule is COc1cc(OCc2ccccc2)c([C@H](N)C2CCCCC2)cc1OC. The van der Waals surface area contributed by atoms with Gasteiger partial charge in [0.15, 0.2) is 11.5 Å². The van der Waals surface area contributed by atoms with Gasteiger partial charge in [-0.25, -0.2) is 0 Å². The van der Waals surface area contributed by atoms with Crippen molar-refractivity contribution in [2.75, 3.05) is 14.2 Å². The van der Waals surface area contributed by atoms with Gasteiger partial charge in [0.25, 0.3) is 0 Å². The van der Waals surface area contributed by atoms with E-state index in [9.17, 15) is 0 Å². The van der Waals surface area contributed by atoms with Crippen LogP contribution >= 0.6 is 0 Å². The van der Waals surface area contributed by atoms with E-state index in [1.807, 2.05) is 30.3 Å². The Morgan fingerprint density at radius 2 is 1.58 bits per heavy atom. The minimum absolute atomic E-state index is 0.0547. The van der Waals surface area contributed by atoms with E-state index in [0.717, 1.165) is 16.9 Å². The summed E-state index contributed by atoms with van der Waals surface area (Å²) in [6.07, 6.45) is 6.17. The van der Waals surface area contributed by atoms with Crippen molar-refractivity contribution in [2.24, 2.45) is 11.7 Å². The van der Waals surface area contributed by atoms with Gasteiger partial charge in [-0.05, 0) is 30.4 Å². The monoisotopic (exact) mass is 355 g/mol. The average Bonchev–Trinajstić information content (AvgIpc) is 2.72. The number of nitrogens with two attached hydrogens (primary N) is 1. The summed E-state index contributed by atoms with van der Waals surface area (Å²) in [6.45, 7) is 0.501. The van der Waals surface area contributed by atoms with E-state index in [4.69, 9.17) is 19.9 Å². The van der Waals surface area contributed by atoms with Crippen molar-refractivity contribution in [3.8, 4) is 17.2 Å². The van der Waals surface area contributed by atoms with Gasteiger partial charge in [0.05, 0.1) is 14.2 Å². The lowest BCUT2D eigenvalue weighted by Crippen LogP contribution is -2.24. The summed E-state index contributed by atoms with van der Waals surface area (Å²) in [6, 6.07) is 14.0. The van der Waals surface area contributed by atoms with E-state index in [2.05, 4.69) is 12.1 Å². The summed E-state index contributed by atoms with van der Waals surface area (Å²) in [5.41, 5.74) is 8.81. The van der Waals surface area contributed by atoms with E-state index in [1.54, 1.807) is 14.2 Å². The molecule has 1 aliphatic carbocycles. The van der Waals surface area contributed by atoms with Gasteiger partial charge in [0.2, 0.25) is 0 Å². The third kappa shape index (κ3) is 4.31. The molecular formula is C22H29NO3. The maximum atomic E-state index is 6.68. The third-order valence-corrected chi connectivity index (χ3v) is 5.27. The zero-order valence-corrected chi connectivity index (χ0v) is 15.7. The van der Waals surface area contributed by atoms with Crippen molar-refractivity contribution >= 4 is 0 Å². The van der Waals surface area contributed by atoms with Gasteiger partial charge in [-0.2, -0.15) is 0 Å². The van der Waals surface area contributed by atoms with Crippen LogP contribution in [-0.2, 0) is 6.61 Å². The van der Waals surface area contributed by atoms with Gasteiger partial charge in [-0.3, -0.25) is 0 Å². The topological polar surface area (TPSA) is 53.7 Å². The van der Waals surface area contributed by atoms with Crippen LogP contribution in [-0.4, -0.2) is 14.2 Å². The van der Waals surface area contributed by atoms with E-state index in [0.29, 0.717) is 24.0 Å². The molecule has 26 heavy (non-hydrogen) atoms. The first-order chi connectivity index (χ1) is 12.7. The van der Waals surface area contributed by atoms with Crippen LogP contribution < -0.4 is 19.9 Å². The Morgan fingerprint density at radius 1 is 0.923 bits per heavy atom. The van der Waals surface area contributed by atoms with E-state index < -0.39 is 0 Å². The molecule has 1 saturated carbocycles. The molecule has 0 heterocycles. The highest BCUT2D eigenvalue weighted by Crippen LogP contribution is 2.42. The molecule has 0 aliphatic heterocycles. The average molecular weight is 355 g/mol. The van der Waals surface area contributed by atoms with Crippen LogP contribution in [0.4, 0.5) is 0 Å². The van der Waals surface area contributed by atoms with E-state index >= 15 is 0 Å². The molecular weight excluding hydrogens is 326 g/mol. The van der Waals surface area contributed by atoms with Crippen molar-refractivity contribution in [3.05, 3.63) is 53.6 Å². The number of ether oxygens (including phenoxy) is 3. The summed E-state index contributed by atoms with van der Waals surface area (Å²) < 4.78 is 17.1. The molecule has 2 aromatic carbocycles. The Labute approximate surface area is 156 Å². The largest absolute Gasteiger partial charge is 0.493 e. The molecule has 0 unspecified atom stereocenters. The fraction of sp³-hybridized carbons (Fsp3) is 0.455. The molecule has 0 amide bonds. The minimum atomic E-state index is -0.0547. The zero-order valence-electron chi connectivity index (χ0n) is 15.7. The van der Waals surface area contributed by atoms with Crippen LogP contribution in [0.1, 0.15) is 49.3 Å². The molecule has 140 valence electrons. The summed E-state index contributed by atoms with van der Waals surface area (Å²) >= 11 is 0. The van der Waals surface area contributed by atoms with Crippen molar-refractivity contribution in [1.82, 2.24) is 0 Å². The predicted octanol–water partition coefficient (Wildman–Crippen LogP) is 4.86. The van der Waals surface area contributed by atoms with Crippen molar-refractivity contribution in [2.45, 2.75) is 44.8 Å². The smallest absolute Gasteiger partial charge is 0.164 e. The Kier molecular flexibility index (Phi) is 6.40. The molecule has 4 nitrogen and oxygen atoms in total. The predicted molar refractivity (Wildman–Crippen MR) is 104 cm³/mol. The second kappa shape index (κ2) is 8.95. The highest BCUT2D eigenvalue weighted by atomic mass is 16.5. The van der Waals surface area contributed by atoms with Crippen molar-refractivity contribution in [1.29, 1.82) is 0 Å². The molecule has 2 N–H and O–H groups in total. The number of benzene rings is 2. The van der Waals surface area contributed by atoms with Crippen LogP contribution in [0.3, 0.4) is 0 Å². The standard InChI is InChI=1S/C22H29NO3/c1-24-20-13-18(22(23)17-11-7-4-8-12-17)19(14-21(20)25-2)26-15-16-9-5-3-6-10-16/h3,5-6,9-10,13-14,17,22H,4,7-8,11-12,15,23H2,1-2H3/t22-/m1/s1. The normalized spacial score (nSPS) is 16.1. The first kappa shape index (κ1) is 18.6. The Morgan fingerprint density at radius 3 is 2.23 bits per heavy atom. The number of hydrogen-bond donors (Lipinski definition) is 1. The van der Waals surface area contributed by atoms with Crippen LogP contribution in [0.2, 0.25) is 0 Å². The molecule has 3 rings (SSSR count). The van der Waals surface area contributed by atoms with Gasteiger partial charge < -0.3 is 19.9 Å². The van der Waals surface area contributed by atoms with E-state index in [-0.39, 0.29) is 6.04 Å². The van der Waals surface area contributed by atoms with Gasteiger partial charge in [-0.1, -0.05) is 49.6 Å². The maximum Gasteiger partial charge on any atom is 0.164 e. The molecule has 0 spiro atoms. The maximum absolute atomic E-state index is 6.68. The lowest BCUT2D eigenvalue weighted by Gasteiger charge is -2.29. The Bertz CT molecular complexity index is 696. The minimum Gasteiger partial charge on any atom is -0.493 e. The highest BCUT2D eigenvalue weighted by molar-refractivity contribution is 5.52. The highest BCUT2D eigenvalue weighted by Gasteiger charge is 2.26. The molecule has 0 radical (unpaired) electrons. The lowest BCUT2D eigenvalue weighted by molar-refractivity contribution is 0.274.